The smallest absolute Gasteiger partial charge is 0.308 e. The van der Waals surface area contributed by atoms with Crippen molar-refractivity contribution in [3.63, 3.8) is 0 Å². The molecule has 1 aromatic heterocycles. The van der Waals surface area contributed by atoms with Gasteiger partial charge in [0.1, 0.15) is 0 Å². The number of hydrogen-bond donors (Lipinski definition) is 0. The van der Waals surface area contributed by atoms with Crippen molar-refractivity contribution in [3.05, 3.63) is 28.2 Å². The van der Waals surface area contributed by atoms with Gasteiger partial charge in [-0.2, -0.15) is 0 Å². The maximum atomic E-state index is 11.6. The monoisotopic (exact) mass is 372 g/mol. The molecule has 1 aliphatic rings. The molecule has 0 bridgehead atoms. The quantitative estimate of drug-likeness (QED) is 0.720. The molecule has 122 valence electrons. The van der Waals surface area contributed by atoms with Gasteiger partial charge in [-0.3, -0.25) is 4.79 Å². The van der Waals surface area contributed by atoms with E-state index in [9.17, 15) is 4.79 Å². The van der Waals surface area contributed by atoms with Crippen molar-refractivity contribution in [2.45, 2.75) is 30.2 Å². The van der Waals surface area contributed by atoms with Crippen molar-refractivity contribution in [3.8, 4) is 11.5 Å². The van der Waals surface area contributed by atoms with E-state index in [1.165, 1.54) is 11.8 Å². The minimum atomic E-state index is -0.122. The Labute approximate surface area is 147 Å². The standard InChI is InChI=1S/C15H14Cl2N2O3S/c1-2-21-14(20)8-5-10(6-8)23-15-19-18-13(22-15)11-4-3-9(16)7-12(11)17/h3-4,7-8,10H,2,5-6H2,1H3/t8-,10+. The van der Waals surface area contributed by atoms with Gasteiger partial charge in [0.15, 0.2) is 0 Å². The highest BCUT2D eigenvalue weighted by Gasteiger charge is 2.37. The zero-order valence-corrected chi connectivity index (χ0v) is 14.6. The van der Waals surface area contributed by atoms with Crippen molar-refractivity contribution in [2.24, 2.45) is 5.92 Å². The Morgan fingerprint density at radius 3 is 2.87 bits per heavy atom. The second-order valence-electron chi connectivity index (χ2n) is 5.16. The number of aromatic nitrogens is 2. The Bertz CT molecular complexity index is 716. The molecule has 0 N–H and O–H groups in total. The lowest BCUT2D eigenvalue weighted by Gasteiger charge is -2.31. The average Bonchev–Trinajstić information content (AvgIpc) is 2.91. The lowest BCUT2D eigenvalue weighted by atomic mass is 9.85. The summed E-state index contributed by atoms with van der Waals surface area (Å²) in [5.41, 5.74) is 0.647. The van der Waals surface area contributed by atoms with Crippen molar-refractivity contribution < 1.29 is 13.9 Å². The third-order valence-electron chi connectivity index (χ3n) is 3.55. The molecule has 0 aliphatic heterocycles. The Morgan fingerprint density at radius 1 is 1.39 bits per heavy atom. The van der Waals surface area contributed by atoms with Crippen LogP contribution in [0.1, 0.15) is 19.8 Å². The number of nitrogens with zero attached hydrogens (tertiary/aromatic N) is 2. The zero-order chi connectivity index (χ0) is 16.4. The summed E-state index contributed by atoms with van der Waals surface area (Å²) in [6.07, 6.45) is 1.53. The Balaban J connectivity index is 1.60. The van der Waals surface area contributed by atoms with Crippen LogP contribution >= 0.6 is 35.0 Å². The highest BCUT2D eigenvalue weighted by atomic mass is 35.5. The van der Waals surface area contributed by atoms with Crippen LogP contribution in [0.2, 0.25) is 10.0 Å². The number of carbonyl (C=O) groups excluding carboxylic acids is 1. The maximum absolute atomic E-state index is 11.6. The second-order valence-corrected chi connectivity index (χ2v) is 7.25. The van der Waals surface area contributed by atoms with E-state index < -0.39 is 0 Å². The van der Waals surface area contributed by atoms with Gasteiger partial charge < -0.3 is 9.15 Å². The first-order valence-corrected chi connectivity index (χ1v) is 8.82. The summed E-state index contributed by atoms with van der Waals surface area (Å²) in [6.45, 7) is 2.23. The second kappa shape index (κ2) is 7.11. The van der Waals surface area contributed by atoms with Gasteiger partial charge >= 0.3 is 5.97 Å². The van der Waals surface area contributed by atoms with Crippen LogP contribution in [0.25, 0.3) is 11.5 Å². The van der Waals surface area contributed by atoms with Crippen LogP contribution in [0.15, 0.2) is 27.8 Å². The number of halogens is 2. The molecule has 1 aromatic carbocycles. The molecular weight excluding hydrogens is 359 g/mol. The van der Waals surface area contributed by atoms with Gasteiger partial charge in [0.2, 0.25) is 5.89 Å². The molecule has 0 radical (unpaired) electrons. The third-order valence-corrected chi connectivity index (χ3v) is 5.18. The number of thioether (sulfide) groups is 1. The molecule has 23 heavy (non-hydrogen) atoms. The molecule has 0 atom stereocenters. The van der Waals surface area contributed by atoms with E-state index >= 15 is 0 Å². The van der Waals surface area contributed by atoms with Crippen LogP contribution in [-0.2, 0) is 9.53 Å². The van der Waals surface area contributed by atoms with Crippen LogP contribution in [0.4, 0.5) is 0 Å². The predicted octanol–water partition coefficient (Wildman–Crippen LogP) is 4.48. The molecule has 8 heteroatoms. The van der Waals surface area contributed by atoms with Gasteiger partial charge in [0, 0.05) is 10.3 Å². The molecule has 0 unspecified atom stereocenters. The molecule has 0 saturated heterocycles. The molecule has 1 aliphatic carbocycles. The third kappa shape index (κ3) is 3.82. The van der Waals surface area contributed by atoms with E-state index in [0.717, 1.165) is 12.8 Å². The van der Waals surface area contributed by atoms with Crippen LogP contribution in [0.5, 0.6) is 0 Å². The Hall–Kier alpha value is -1.24. The number of benzene rings is 1. The van der Waals surface area contributed by atoms with Gasteiger partial charge in [-0.25, -0.2) is 0 Å². The average molecular weight is 373 g/mol. The fourth-order valence-corrected chi connectivity index (χ4v) is 3.93. The summed E-state index contributed by atoms with van der Waals surface area (Å²) in [4.78, 5) is 11.6. The molecule has 0 amide bonds. The normalized spacial score (nSPS) is 20.1. The van der Waals surface area contributed by atoms with Gasteiger partial charge in [-0.1, -0.05) is 35.0 Å². The highest BCUT2D eigenvalue weighted by Crippen LogP contribution is 2.41. The Kier molecular flexibility index (Phi) is 5.14. The van der Waals surface area contributed by atoms with Gasteiger partial charge in [0.25, 0.3) is 5.22 Å². The van der Waals surface area contributed by atoms with E-state index in [4.69, 9.17) is 32.4 Å². The zero-order valence-electron chi connectivity index (χ0n) is 12.3. The van der Waals surface area contributed by atoms with Crippen LogP contribution in [0.3, 0.4) is 0 Å². The highest BCUT2D eigenvalue weighted by molar-refractivity contribution is 7.99. The molecule has 2 aromatic rings. The lowest BCUT2D eigenvalue weighted by Crippen LogP contribution is -2.33. The first-order chi connectivity index (χ1) is 11.1. The summed E-state index contributed by atoms with van der Waals surface area (Å²) in [5, 5.41) is 9.81. The number of esters is 1. The van der Waals surface area contributed by atoms with E-state index in [0.29, 0.717) is 38.6 Å². The topological polar surface area (TPSA) is 65.2 Å². The SMILES string of the molecule is CCOC(=O)[C@H]1C[C@@H](Sc2nnc(-c3ccc(Cl)cc3Cl)o2)C1. The summed E-state index contributed by atoms with van der Waals surface area (Å²) < 4.78 is 10.6. The van der Waals surface area contributed by atoms with E-state index in [2.05, 4.69) is 10.2 Å². The largest absolute Gasteiger partial charge is 0.466 e. The number of rotatable bonds is 5. The molecule has 1 fully saturated rings. The molecular formula is C15H14Cl2N2O3S. The van der Waals surface area contributed by atoms with Crippen molar-refractivity contribution in [1.29, 1.82) is 0 Å². The molecule has 3 rings (SSSR count). The minimum absolute atomic E-state index is 0.0134. The summed E-state index contributed by atoms with van der Waals surface area (Å²) in [5.74, 6) is 0.222. The van der Waals surface area contributed by atoms with Crippen LogP contribution < -0.4 is 0 Å². The number of carbonyl (C=O) groups is 1. The fourth-order valence-electron chi connectivity index (χ4n) is 2.29. The van der Waals surface area contributed by atoms with Crippen LogP contribution in [0, 0.1) is 5.92 Å². The van der Waals surface area contributed by atoms with Crippen LogP contribution in [-0.4, -0.2) is 28.0 Å². The summed E-state index contributed by atoms with van der Waals surface area (Å²) in [6, 6.07) is 5.09. The van der Waals surface area contributed by atoms with E-state index in [1.807, 2.05) is 6.92 Å². The number of ether oxygens (including phenoxy) is 1. The fraction of sp³-hybridized carbons (Fsp3) is 0.400. The summed E-state index contributed by atoms with van der Waals surface area (Å²) >= 11 is 13.5. The Morgan fingerprint density at radius 2 is 2.17 bits per heavy atom. The number of hydrogen-bond acceptors (Lipinski definition) is 6. The lowest BCUT2D eigenvalue weighted by molar-refractivity contribution is -0.150. The molecule has 5 nitrogen and oxygen atoms in total. The first-order valence-electron chi connectivity index (χ1n) is 7.19. The van der Waals surface area contributed by atoms with Gasteiger partial charge in [-0.05, 0) is 38.0 Å². The molecule has 1 saturated carbocycles. The molecule has 1 heterocycles. The van der Waals surface area contributed by atoms with Gasteiger partial charge in [0.05, 0.1) is 23.1 Å². The predicted molar refractivity (Wildman–Crippen MR) is 88.8 cm³/mol. The van der Waals surface area contributed by atoms with E-state index in [-0.39, 0.29) is 11.9 Å². The summed E-state index contributed by atoms with van der Waals surface area (Å²) in [7, 11) is 0. The first kappa shape index (κ1) is 16.6. The van der Waals surface area contributed by atoms with E-state index in [1.54, 1.807) is 18.2 Å². The maximum Gasteiger partial charge on any atom is 0.308 e. The molecule has 0 spiro atoms. The van der Waals surface area contributed by atoms with Crippen molar-refractivity contribution >= 4 is 40.9 Å². The minimum Gasteiger partial charge on any atom is -0.466 e. The van der Waals surface area contributed by atoms with Crippen molar-refractivity contribution in [2.75, 3.05) is 6.61 Å². The van der Waals surface area contributed by atoms with Gasteiger partial charge in [-0.15, -0.1) is 10.2 Å². The van der Waals surface area contributed by atoms with Crippen molar-refractivity contribution in [1.82, 2.24) is 10.2 Å².